The van der Waals surface area contributed by atoms with Crippen LogP contribution in [-0.2, 0) is 0 Å². The van der Waals surface area contributed by atoms with Crippen LogP contribution in [0, 0.1) is 6.92 Å². The van der Waals surface area contributed by atoms with Crippen LogP contribution in [0.1, 0.15) is 15.9 Å². The Hall–Kier alpha value is -1.54. The summed E-state index contributed by atoms with van der Waals surface area (Å²) in [5.41, 5.74) is 2.02. The normalized spacial score (nSPS) is 10.2. The number of thioether (sulfide) groups is 1. The zero-order valence-electron chi connectivity index (χ0n) is 9.72. The van der Waals surface area contributed by atoms with Gasteiger partial charge in [0.15, 0.2) is 5.78 Å². The van der Waals surface area contributed by atoms with E-state index in [4.69, 9.17) is 0 Å². The predicted octanol–water partition coefficient (Wildman–Crippen LogP) is 3.97. The number of ketones is 1. The van der Waals surface area contributed by atoms with Crippen molar-refractivity contribution in [3.8, 4) is 0 Å². The van der Waals surface area contributed by atoms with Gasteiger partial charge in [-0.2, -0.15) is 0 Å². The molecule has 2 heteroatoms. The van der Waals surface area contributed by atoms with Crippen molar-refractivity contribution >= 4 is 17.5 Å². The fourth-order valence-electron chi connectivity index (χ4n) is 1.49. The number of Topliss-reactive ketones (excluding diaryl/α,β-unsaturated/α-hetero) is 1. The molecule has 2 aromatic carbocycles. The van der Waals surface area contributed by atoms with Crippen LogP contribution in [0.25, 0.3) is 0 Å². The van der Waals surface area contributed by atoms with Gasteiger partial charge in [-0.25, -0.2) is 0 Å². The molecule has 0 radical (unpaired) electrons. The van der Waals surface area contributed by atoms with E-state index in [1.165, 1.54) is 5.56 Å². The quantitative estimate of drug-likeness (QED) is 0.596. The van der Waals surface area contributed by atoms with Crippen molar-refractivity contribution in [3.63, 3.8) is 0 Å². The van der Waals surface area contributed by atoms with Crippen LogP contribution < -0.4 is 0 Å². The van der Waals surface area contributed by atoms with Crippen molar-refractivity contribution in [2.75, 3.05) is 5.75 Å². The van der Waals surface area contributed by atoms with Gasteiger partial charge in [0.05, 0.1) is 5.75 Å². The number of hydrogen-bond acceptors (Lipinski definition) is 2. The third-order valence-electron chi connectivity index (χ3n) is 2.49. The first-order chi connectivity index (χ1) is 8.25. The summed E-state index contributed by atoms with van der Waals surface area (Å²) < 4.78 is 0. The largest absolute Gasteiger partial charge is 0.293 e. The summed E-state index contributed by atoms with van der Waals surface area (Å²) in [5.74, 6) is 0.670. The van der Waals surface area contributed by atoms with E-state index < -0.39 is 0 Å². The van der Waals surface area contributed by atoms with E-state index in [1.54, 1.807) is 11.8 Å². The Morgan fingerprint density at radius 2 is 1.65 bits per heavy atom. The summed E-state index contributed by atoms with van der Waals surface area (Å²) in [6.45, 7) is 2.06. The first kappa shape index (κ1) is 11.9. The third-order valence-corrected chi connectivity index (χ3v) is 3.50. The predicted molar refractivity (Wildman–Crippen MR) is 72.7 cm³/mol. The first-order valence-electron chi connectivity index (χ1n) is 5.53. The summed E-state index contributed by atoms with van der Waals surface area (Å²) in [5, 5.41) is 0. The number of aryl methyl sites for hydroxylation is 1. The molecule has 17 heavy (non-hydrogen) atoms. The van der Waals surface area contributed by atoms with Crippen molar-refractivity contribution in [3.05, 3.63) is 65.7 Å². The lowest BCUT2D eigenvalue weighted by molar-refractivity contribution is 0.102. The molecule has 0 heterocycles. The van der Waals surface area contributed by atoms with Crippen molar-refractivity contribution < 1.29 is 4.79 Å². The molecule has 0 spiro atoms. The van der Waals surface area contributed by atoms with E-state index in [1.807, 2.05) is 30.3 Å². The lowest BCUT2D eigenvalue weighted by atomic mass is 10.2. The summed E-state index contributed by atoms with van der Waals surface area (Å²) in [7, 11) is 0. The molecule has 86 valence electrons. The van der Waals surface area contributed by atoms with Gasteiger partial charge in [-0.3, -0.25) is 4.79 Å². The van der Waals surface area contributed by atoms with Crippen LogP contribution >= 0.6 is 11.8 Å². The smallest absolute Gasteiger partial charge is 0.173 e. The number of rotatable bonds is 4. The van der Waals surface area contributed by atoms with Crippen molar-refractivity contribution in [2.45, 2.75) is 11.8 Å². The number of carbonyl (C=O) groups is 1. The highest BCUT2D eigenvalue weighted by Gasteiger charge is 2.05. The summed E-state index contributed by atoms with van der Waals surface area (Å²) in [6, 6.07) is 17.7. The molecule has 0 fully saturated rings. The van der Waals surface area contributed by atoms with E-state index in [0.717, 1.165) is 10.5 Å². The SMILES string of the molecule is Cc1ccc(SCC(=O)c2ccccc2)cc1. The molecule has 0 unspecified atom stereocenters. The Morgan fingerprint density at radius 1 is 1.00 bits per heavy atom. The second-order valence-corrected chi connectivity index (χ2v) is 4.94. The Balaban J connectivity index is 1.95. The fraction of sp³-hybridized carbons (Fsp3) is 0.133. The van der Waals surface area contributed by atoms with Crippen LogP contribution in [0.5, 0.6) is 0 Å². The lowest BCUT2D eigenvalue weighted by Crippen LogP contribution is -2.01. The molecule has 2 rings (SSSR count). The van der Waals surface area contributed by atoms with Crippen LogP contribution in [0.2, 0.25) is 0 Å². The molecule has 0 aliphatic heterocycles. The zero-order chi connectivity index (χ0) is 12.1. The average Bonchev–Trinajstić information content (AvgIpc) is 2.39. The molecule has 2 aromatic rings. The number of benzene rings is 2. The van der Waals surface area contributed by atoms with Crippen LogP contribution in [-0.4, -0.2) is 11.5 Å². The van der Waals surface area contributed by atoms with Gasteiger partial charge in [-0.15, -0.1) is 11.8 Å². The van der Waals surface area contributed by atoms with Crippen LogP contribution in [0.3, 0.4) is 0 Å². The Morgan fingerprint density at radius 3 is 2.29 bits per heavy atom. The van der Waals surface area contributed by atoms with Gasteiger partial charge < -0.3 is 0 Å². The maximum atomic E-state index is 11.9. The highest BCUT2D eigenvalue weighted by Crippen LogP contribution is 2.19. The molecular weight excluding hydrogens is 228 g/mol. The van der Waals surface area contributed by atoms with Crippen molar-refractivity contribution in [1.82, 2.24) is 0 Å². The van der Waals surface area contributed by atoms with Crippen LogP contribution in [0.4, 0.5) is 0 Å². The van der Waals surface area contributed by atoms with E-state index >= 15 is 0 Å². The highest BCUT2D eigenvalue weighted by atomic mass is 32.2. The molecule has 0 saturated carbocycles. The van der Waals surface area contributed by atoms with Crippen molar-refractivity contribution in [1.29, 1.82) is 0 Å². The van der Waals surface area contributed by atoms with Crippen LogP contribution in [0.15, 0.2) is 59.5 Å². The summed E-state index contributed by atoms with van der Waals surface area (Å²) >= 11 is 1.58. The van der Waals surface area contributed by atoms with Gasteiger partial charge >= 0.3 is 0 Å². The average molecular weight is 242 g/mol. The summed E-state index contributed by atoms with van der Waals surface area (Å²) in [4.78, 5) is 13.0. The lowest BCUT2D eigenvalue weighted by Gasteiger charge is -2.02. The van der Waals surface area contributed by atoms with Gasteiger partial charge in [0, 0.05) is 10.5 Å². The molecule has 0 saturated heterocycles. The topological polar surface area (TPSA) is 17.1 Å². The molecule has 0 aromatic heterocycles. The van der Waals surface area contributed by atoms with E-state index in [9.17, 15) is 4.79 Å². The molecule has 0 N–H and O–H groups in total. The monoisotopic (exact) mass is 242 g/mol. The maximum Gasteiger partial charge on any atom is 0.173 e. The van der Waals surface area contributed by atoms with E-state index in [2.05, 4.69) is 31.2 Å². The van der Waals surface area contributed by atoms with Gasteiger partial charge in [0.1, 0.15) is 0 Å². The minimum atomic E-state index is 0.177. The molecule has 0 bridgehead atoms. The van der Waals surface area contributed by atoms with Gasteiger partial charge in [-0.1, -0.05) is 48.0 Å². The molecule has 0 aliphatic rings. The number of hydrogen-bond donors (Lipinski definition) is 0. The highest BCUT2D eigenvalue weighted by molar-refractivity contribution is 8.00. The standard InChI is InChI=1S/C15H14OS/c1-12-7-9-14(10-8-12)17-11-15(16)13-5-3-2-4-6-13/h2-10H,11H2,1H3. The third kappa shape index (κ3) is 3.46. The van der Waals surface area contributed by atoms with Gasteiger partial charge in [0.2, 0.25) is 0 Å². The first-order valence-corrected chi connectivity index (χ1v) is 6.52. The zero-order valence-corrected chi connectivity index (χ0v) is 10.5. The maximum absolute atomic E-state index is 11.9. The fourth-order valence-corrected chi connectivity index (χ4v) is 2.28. The second kappa shape index (κ2) is 5.69. The van der Waals surface area contributed by atoms with Gasteiger partial charge in [-0.05, 0) is 19.1 Å². The Kier molecular flexibility index (Phi) is 3.99. The second-order valence-electron chi connectivity index (χ2n) is 3.89. The summed E-state index contributed by atoms with van der Waals surface area (Å²) in [6.07, 6.45) is 0. The molecular formula is C15H14OS. The van der Waals surface area contributed by atoms with E-state index in [0.29, 0.717) is 5.75 Å². The minimum Gasteiger partial charge on any atom is -0.293 e. The van der Waals surface area contributed by atoms with E-state index in [-0.39, 0.29) is 5.78 Å². The molecule has 0 amide bonds. The van der Waals surface area contributed by atoms with Gasteiger partial charge in [0.25, 0.3) is 0 Å². The number of carbonyl (C=O) groups excluding carboxylic acids is 1. The Labute approximate surface area is 106 Å². The molecule has 0 atom stereocenters. The van der Waals surface area contributed by atoms with Crippen molar-refractivity contribution in [2.24, 2.45) is 0 Å². The Bertz CT molecular complexity index is 488. The molecule has 1 nitrogen and oxygen atoms in total. The molecule has 0 aliphatic carbocycles. The minimum absolute atomic E-state index is 0.177.